The lowest BCUT2D eigenvalue weighted by Crippen LogP contribution is -1.88. The fourth-order valence-electron chi connectivity index (χ4n) is 1.03. The van der Waals surface area contributed by atoms with Gasteiger partial charge in [-0.15, -0.1) is 0 Å². The maximum absolute atomic E-state index is 8.71. The van der Waals surface area contributed by atoms with E-state index < -0.39 is 0 Å². The molecule has 0 fully saturated rings. The van der Waals surface area contributed by atoms with E-state index in [0.717, 1.165) is 11.1 Å². The summed E-state index contributed by atoms with van der Waals surface area (Å²) in [6.45, 7) is 1.93. The van der Waals surface area contributed by atoms with E-state index in [1.165, 1.54) is 0 Å². The maximum atomic E-state index is 8.71. The van der Waals surface area contributed by atoms with Crippen LogP contribution in [0, 0.1) is 29.6 Å². The topological polar surface area (TPSA) is 47.6 Å². The molecule has 0 aliphatic heterocycles. The molecular weight excluding hydrogens is 148 g/mol. The standard InChI is InChI=1S/C10H8N2/c1-8-2-3-9(4-5-11)10(6-8)7-12/h2-3,6H,4H2,1H3. The zero-order valence-corrected chi connectivity index (χ0v) is 6.83. The number of hydrogen-bond donors (Lipinski definition) is 0. The van der Waals surface area contributed by atoms with Crippen LogP contribution in [0.25, 0.3) is 0 Å². The van der Waals surface area contributed by atoms with Gasteiger partial charge in [0.25, 0.3) is 0 Å². The quantitative estimate of drug-likeness (QED) is 0.623. The summed E-state index contributed by atoms with van der Waals surface area (Å²) >= 11 is 0. The van der Waals surface area contributed by atoms with Gasteiger partial charge < -0.3 is 0 Å². The largest absolute Gasteiger partial charge is 0.198 e. The highest BCUT2D eigenvalue weighted by Gasteiger charge is 2.00. The first-order valence-corrected chi connectivity index (χ1v) is 3.64. The zero-order valence-electron chi connectivity index (χ0n) is 6.83. The second-order valence-electron chi connectivity index (χ2n) is 2.61. The summed E-state index contributed by atoms with van der Waals surface area (Å²) in [5, 5.41) is 17.2. The van der Waals surface area contributed by atoms with E-state index in [-0.39, 0.29) is 0 Å². The molecule has 0 aliphatic rings. The zero-order chi connectivity index (χ0) is 8.97. The monoisotopic (exact) mass is 156 g/mol. The summed E-state index contributed by atoms with van der Waals surface area (Å²) < 4.78 is 0. The van der Waals surface area contributed by atoms with E-state index >= 15 is 0 Å². The highest BCUT2D eigenvalue weighted by atomic mass is 14.3. The number of nitrogens with zero attached hydrogens (tertiary/aromatic N) is 2. The average Bonchev–Trinajstić information content (AvgIpc) is 2.08. The first-order valence-electron chi connectivity index (χ1n) is 3.64. The Kier molecular flexibility index (Phi) is 2.46. The lowest BCUT2D eigenvalue weighted by molar-refractivity contribution is 1.23. The molecule has 1 rings (SSSR count). The van der Waals surface area contributed by atoms with Gasteiger partial charge in [-0.05, 0) is 24.1 Å². The van der Waals surface area contributed by atoms with Crippen LogP contribution in [-0.4, -0.2) is 0 Å². The minimum Gasteiger partial charge on any atom is -0.198 e. The van der Waals surface area contributed by atoms with E-state index in [2.05, 4.69) is 6.07 Å². The Morgan fingerprint density at radius 2 is 2.08 bits per heavy atom. The van der Waals surface area contributed by atoms with Gasteiger partial charge in [-0.3, -0.25) is 0 Å². The second kappa shape index (κ2) is 3.55. The fraction of sp³-hybridized carbons (Fsp3) is 0.200. The molecule has 0 N–H and O–H groups in total. The second-order valence-corrected chi connectivity index (χ2v) is 2.61. The SMILES string of the molecule is Cc1ccc(CC#N)c(C#N)c1. The van der Waals surface area contributed by atoms with Crippen molar-refractivity contribution in [1.29, 1.82) is 10.5 Å². The van der Waals surface area contributed by atoms with Crippen LogP contribution < -0.4 is 0 Å². The molecule has 0 bridgehead atoms. The maximum Gasteiger partial charge on any atom is 0.0994 e. The molecule has 0 spiro atoms. The molecule has 0 heterocycles. The molecule has 12 heavy (non-hydrogen) atoms. The molecule has 0 saturated carbocycles. The minimum absolute atomic E-state index is 0.309. The van der Waals surface area contributed by atoms with Gasteiger partial charge in [0, 0.05) is 0 Å². The van der Waals surface area contributed by atoms with Crippen molar-refractivity contribution in [2.24, 2.45) is 0 Å². The van der Waals surface area contributed by atoms with Crippen LogP contribution in [0.1, 0.15) is 16.7 Å². The predicted molar refractivity (Wildman–Crippen MR) is 45.2 cm³/mol. The van der Waals surface area contributed by atoms with Crippen molar-refractivity contribution < 1.29 is 0 Å². The molecule has 2 nitrogen and oxygen atoms in total. The van der Waals surface area contributed by atoms with Crippen molar-refractivity contribution in [1.82, 2.24) is 0 Å². The summed E-state index contributed by atoms with van der Waals surface area (Å²) in [6, 6.07) is 9.64. The van der Waals surface area contributed by atoms with Crippen LogP contribution in [0.4, 0.5) is 0 Å². The molecule has 0 unspecified atom stereocenters. The summed E-state index contributed by atoms with van der Waals surface area (Å²) in [6.07, 6.45) is 0.309. The fourth-order valence-corrected chi connectivity index (χ4v) is 1.03. The van der Waals surface area contributed by atoms with Gasteiger partial charge in [-0.1, -0.05) is 12.1 Å². The van der Waals surface area contributed by atoms with Crippen molar-refractivity contribution in [3.05, 3.63) is 34.9 Å². The van der Waals surface area contributed by atoms with Crippen molar-refractivity contribution >= 4 is 0 Å². The van der Waals surface area contributed by atoms with E-state index in [9.17, 15) is 0 Å². The Morgan fingerprint density at radius 1 is 1.33 bits per heavy atom. The summed E-state index contributed by atoms with van der Waals surface area (Å²) in [5.41, 5.74) is 2.47. The van der Waals surface area contributed by atoms with Crippen molar-refractivity contribution in [3.8, 4) is 12.1 Å². The Bertz CT molecular complexity index is 366. The van der Waals surface area contributed by atoms with E-state index in [1.807, 2.05) is 25.1 Å². The van der Waals surface area contributed by atoms with Crippen LogP contribution in [0.5, 0.6) is 0 Å². The number of nitriles is 2. The molecular formula is C10H8N2. The smallest absolute Gasteiger partial charge is 0.0994 e. The minimum atomic E-state index is 0.309. The summed E-state index contributed by atoms with van der Waals surface area (Å²) in [7, 11) is 0. The number of benzene rings is 1. The van der Waals surface area contributed by atoms with Crippen molar-refractivity contribution in [2.75, 3.05) is 0 Å². The van der Waals surface area contributed by atoms with E-state index in [4.69, 9.17) is 10.5 Å². The average molecular weight is 156 g/mol. The molecule has 0 aliphatic carbocycles. The Morgan fingerprint density at radius 3 is 2.67 bits per heavy atom. The molecule has 2 heteroatoms. The number of aryl methyl sites for hydroxylation is 1. The normalized spacial score (nSPS) is 8.58. The van der Waals surface area contributed by atoms with Gasteiger partial charge in [0.15, 0.2) is 0 Å². The Hall–Kier alpha value is -1.80. The molecule has 0 aromatic heterocycles. The Labute approximate surface area is 71.7 Å². The van der Waals surface area contributed by atoms with Crippen molar-refractivity contribution in [3.63, 3.8) is 0 Å². The van der Waals surface area contributed by atoms with Gasteiger partial charge in [-0.2, -0.15) is 10.5 Å². The third kappa shape index (κ3) is 1.62. The van der Waals surface area contributed by atoms with E-state index in [1.54, 1.807) is 6.07 Å². The molecule has 58 valence electrons. The first kappa shape index (κ1) is 8.30. The lowest BCUT2D eigenvalue weighted by atomic mass is 10.0. The molecule has 0 atom stereocenters. The first-order chi connectivity index (χ1) is 5.77. The van der Waals surface area contributed by atoms with Gasteiger partial charge >= 0.3 is 0 Å². The summed E-state index contributed by atoms with van der Waals surface area (Å²) in [4.78, 5) is 0. The summed E-state index contributed by atoms with van der Waals surface area (Å²) in [5.74, 6) is 0. The molecule has 0 saturated heterocycles. The van der Waals surface area contributed by atoms with Crippen molar-refractivity contribution in [2.45, 2.75) is 13.3 Å². The van der Waals surface area contributed by atoms with Crippen LogP contribution in [0.3, 0.4) is 0 Å². The molecule has 1 aromatic rings. The lowest BCUT2D eigenvalue weighted by Gasteiger charge is -1.98. The highest BCUT2D eigenvalue weighted by Crippen LogP contribution is 2.10. The van der Waals surface area contributed by atoms with Crippen LogP contribution in [0.2, 0.25) is 0 Å². The van der Waals surface area contributed by atoms with Gasteiger partial charge in [0.2, 0.25) is 0 Å². The predicted octanol–water partition coefficient (Wildman–Crippen LogP) is 1.93. The molecule has 0 amide bonds. The number of hydrogen-bond acceptors (Lipinski definition) is 2. The van der Waals surface area contributed by atoms with Gasteiger partial charge in [0.05, 0.1) is 24.1 Å². The van der Waals surface area contributed by atoms with Gasteiger partial charge in [0.1, 0.15) is 0 Å². The third-order valence-electron chi connectivity index (χ3n) is 1.66. The molecule has 1 aromatic carbocycles. The van der Waals surface area contributed by atoms with Crippen LogP contribution in [0.15, 0.2) is 18.2 Å². The van der Waals surface area contributed by atoms with Crippen LogP contribution >= 0.6 is 0 Å². The molecule has 0 radical (unpaired) electrons. The highest BCUT2D eigenvalue weighted by molar-refractivity contribution is 5.41. The van der Waals surface area contributed by atoms with Crippen LogP contribution in [-0.2, 0) is 6.42 Å². The van der Waals surface area contributed by atoms with E-state index in [0.29, 0.717) is 12.0 Å². The van der Waals surface area contributed by atoms with Gasteiger partial charge in [-0.25, -0.2) is 0 Å². The number of rotatable bonds is 1. The third-order valence-corrected chi connectivity index (χ3v) is 1.66. The Balaban J connectivity index is 3.15.